The first-order valence-electron chi connectivity index (χ1n) is 10.4. The van der Waals surface area contributed by atoms with E-state index >= 15 is 0 Å². The molecule has 0 bridgehead atoms. The van der Waals surface area contributed by atoms with Crippen LogP contribution >= 0.6 is 11.3 Å². The first-order valence-corrected chi connectivity index (χ1v) is 11.2. The number of allylic oxidation sites excluding steroid dienone is 3. The second kappa shape index (κ2) is 5.78. The highest BCUT2D eigenvalue weighted by Gasteiger charge is 2.57. The molecule has 2 saturated carbocycles. The number of rotatable bonds is 1. The first kappa shape index (κ1) is 17.2. The Hall–Kier alpha value is -0.930. The van der Waals surface area contributed by atoms with Crippen LogP contribution in [0.15, 0.2) is 23.9 Å². The Morgan fingerprint density at radius 2 is 1.88 bits per heavy atom. The lowest BCUT2D eigenvalue weighted by Gasteiger charge is -2.57. The summed E-state index contributed by atoms with van der Waals surface area (Å²) < 4.78 is 0. The first-order chi connectivity index (χ1) is 12.4. The molecule has 140 valence electrons. The summed E-state index contributed by atoms with van der Waals surface area (Å²) >= 11 is 1.87. The summed E-state index contributed by atoms with van der Waals surface area (Å²) in [6.07, 6.45) is 15.2. The van der Waals surface area contributed by atoms with E-state index in [0.717, 1.165) is 30.6 Å². The predicted molar refractivity (Wildman–Crippen MR) is 108 cm³/mol. The van der Waals surface area contributed by atoms with Gasteiger partial charge in [0, 0.05) is 11.1 Å². The molecule has 0 radical (unpaired) electrons. The summed E-state index contributed by atoms with van der Waals surface area (Å²) in [4.78, 5) is 6.06. The smallest absolute Gasteiger partial charge is 0.119 e. The molecule has 1 heterocycles. The topological polar surface area (TPSA) is 33.1 Å². The van der Waals surface area contributed by atoms with E-state index in [0.29, 0.717) is 10.8 Å². The van der Waals surface area contributed by atoms with E-state index < -0.39 is 0 Å². The van der Waals surface area contributed by atoms with Gasteiger partial charge in [0.2, 0.25) is 0 Å². The molecule has 1 aromatic heterocycles. The zero-order chi connectivity index (χ0) is 18.1. The van der Waals surface area contributed by atoms with Crippen molar-refractivity contribution in [1.29, 1.82) is 0 Å². The van der Waals surface area contributed by atoms with Crippen LogP contribution in [0, 0.1) is 35.5 Å². The molecular weight excluding hydrogens is 338 g/mol. The predicted octanol–water partition coefficient (Wildman–Crippen LogP) is 5.77. The van der Waals surface area contributed by atoms with Gasteiger partial charge in [-0.2, -0.15) is 0 Å². The summed E-state index contributed by atoms with van der Waals surface area (Å²) in [5.41, 5.74) is 3.76. The van der Waals surface area contributed by atoms with Crippen LogP contribution in [0.4, 0.5) is 0 Å². The van der Waals surface area contributed by atoms with Gasteiger partial charge in [0.25, 0.3) is 0 Å². The van der Waals surface area contributed by atoms with E-state index in [4.69, 9.17) is 4.98 Å². The van der Waals surface area contributed by atoms with Gasteiger partial charge in [0.05, 0.1) is 6.10 Å². The maximum atomic E-state index is 10.2. The monoisotopic (exact) mass is 369 g/mol. The van der Waals surface area contributed by atoms with Crippen LogP contribution in [0.2, 0.25) is 0 Å². The van der Waals surface area contributed by atoms with E-state index in [1.54, 1.807) is 5.57 Å². The van der Waals surface area contributed by atoms with Crippen molar-refractivity contribution in [2.75, 3.05) is 0 Å². The molecular formula is C23H31NOS. The van der Waals surface area contributed by atoms with Gasteiger partial charge in [-0.25, -0.2) is 4.98 Å². The Kier molecular flexibility index (Phi) is 3.82. The minimum absolute atomic E-state index is 0.104. The highest BCUT2D eigenvalue weighted by Crippen LogP contribution is 2.66. The Bertz CT molecular complexity index is 792. The molecule has 3 heteroatoms. The lowest BCUT2D eigenvalue weighted by Crippen LogP contribution is -2.49. The molecule has 0 amide bonds. The molecule has 6 unspecified atom stereocenters. The molecule has 0 saturated heterocycles. The molecule has 0 aliphatic heterocycles. The van der Waals surface area contributed by atoms with Crippen LogP contribution in [0.5, 0.6) is 0 Å². The van der Waals surface area contributed by atoms with E-state index in [-0.39, 0.29) is 6.10 Å². The zero-order valence-corrected chi connectivity index (χ0v) is 17.1. The number of thiazole rings is 1. The average molecular weight is 370 g/mol. The number of hydrogen-bond acceptors (Lipinski definition) is 3. The van der Waals surface area contributed by atoms with Gasteiger partial charge < -0.3 is 5.11 Å². The van der Waals surface area contributed by atoms with Gasteiger partial charge >= 0.3 is 0 Å². The van der Waals surface area contributed by atoms with E-state index in [1.165, 1.54) is 47.6 Å². The third kappa shape index (κ3) is 2.29. The molecule has 1 N–H and O–H groups in total. The Morgan fingerprint density at radius 3 is 2.65 bits per heavy atom. The van der Waals surface area contributed by atoms with Gasteiger partial charge in [-0.05, 0) is 86.0 Å². The maximum absolute atomic E-state index is 10.2. The quantitative estimate of drug-likeness (QED) is 0.638. The molecule has 0 spiro atoms. The summed E-state index contributed by atoms with van der Waals surface area (Å²) in [6.45, 7) is 7.20. The third-order valence-electron chi connectivity index (χ3n) is 8.51. The van der Waals surface area contributed by atoms with Crippen LogP contribution in [-0.2, 0) is 0 Å². The fraction of sp³-hybridized carbons (Fsp3) is 0.696. The molecule has 26 heavy (non-hydrogen) atoms. The fourth-order valence-electron chi connectivity index (χ4n) is 7.02. The molecule has 5 rings (SSSR count). The number of aliphatic hydroxyl groups is 1. The van der Waals surface area contributed by atoms with Crippen LogP contribution < -0.4 is 0 Å². The molecule has 2 fully saturated rings. The van der Waals surface area contributed by atoms with Gasteiger partial charge in [0.1, 0.15) is 5.01 Å². The highest BCUT2D eigenvalue weighted by molar-refractivity contribution is 7.12. The summed E-state index contributed by atoms with van der Waals surface area (Å²) in [5, 5.41) is 11.4. The van der Waals surface area contributed by atoms with E-state index in [1.807, 2.05) is 17.5 Å². The number of aryl methyl sites for hydroxylation is 1. The summed E-state index contributed by atoms with van der Waals surface area (Å²) in [6, 6.07) is 0. The Morgan fingerprint density at radius 1 is 1.08 bits per heavy atom. The van der Waals surface area contributed by atoms with Crippen LogP contribution in [0.3, 0.4) is 0 Å². The van der Waals surface area contributed by atoms with Crippen molar-refractivity contribution in [1.82, 2.24) is 4.98 Å². The fourth-order valence-corrected chi connectivity index (χ4v) is 7.96. The Balaban J connectivity index is 1.47. The van der Waals surface area contributed by atoms with Crippen molar-refractivity contribution in [3.05, 3.63) is 33.8 Å². The number of aromatic nitrogens is 1. The zero-order valence-electron chi connectivity index (χ0n) is 16.3. The van der Waals surface area contributed by atoms with Crippen LogP contribution in [0.25, 0.3) is 5.57 Å². The minimum Gasteiger partial charge on any atom is -0.393 e. The number of aliphatic hydroxyl groups excluding tert-OH is 1. The second-order valence-corrected chi connectivity index (χ2v) is 11.0. The van der Waals surface area contributed by atoms with E-state index in [2.05, 4.69) is 32.9 Å². The van der Waals surface area contributed by atoms with Crippen LogP contribution in [-0.4, -0.2) is 16.2 Å². The van der Waals surface area contributed by atoms with Crippen molar-refractivity contribution < 1.29 is 5.11 Å². The standard InChI is InChI=1S/C23H31NOS/c1-14-13-24-21(26-14)20-7-6-18-17-5-4-15-12-16(25)8-10-22(15,2)19(17)9-11-23(18,20)3/h4,7,13,16-19,25H,5-6,8-12H2,1-3H3. The number of hydrogen-bond donors (Lipinski definition) is 1. The van der Waals surface area contributed by atoms with Crippen molar-refractivity contribution in [2.45, 2.75) is 71.8 Å². The molecule has 2 nitrogen and oxygen atoms in total. The molecule has 1 aromatic rings. The van der Waals surface area contributed by atoms with Gasteiger partial charge in [-0.15, -0.1) is 11.3 Å². The van der Waals surface area contributed by atoms with Gasteiger partial charge in [-0.3, -0.25) is 0 Å². The summed E-state index contributed by atoms with van der Waals surface area (Å²) in [5.74, 6) is 2.37. The minimum atomic E-state index is -0.104. The molecule has 4 aliphatic rings. The van der Waals surface area contributed by atoms with Crippen molar-refractivity contribution in [2.24, 2.45) is 28.6 Å². The number of nitrogens with zero attached hydrogens (tertiary/aromatic N) is 1. The lowest BCUT2D eigenvalue weighted by atomic mass is 9.47. The van der Waals surface area contributed by atoms with Crippen LogP contribution in [0.1, 0.15) is 68.7 Å². The van der Waals surface area contributed by atoms with Gasteiger partial charge in [-0.1, -0.05) is 31.6 Å². The highest BCUT2D eigenvalue weighted by atomic mass is 32.1. The number of fused-ring (bicyclic) bond motifs is 5. The molecule has 6 atom stereocenters. The Labute approximate surface area is 161 Å². The molecule has 0 aromatic carbocycles. The second-order valence-electron chi connectivity index (χ2n) is 9.74. The van der Waals surface area contributed by atoms with Crippen molar-refractivity contribution in [3.63, 3.8) is 0 Å². The third-order valence-corrected chi connectivity index (χ3v) is 9.46. The average Bonchev–Trinajstić information content (AvgIpc) is 3.18. The lowest BCUT2D eigenvalue weighted by molar-refractivity contribution is -0.0238. The van der Waals surface area contributed by atoms with Crippen molar-refractivity contribution >= 4 is 16.9 Å². The molecule has 4 aliphatic carbocycles. The van der Waals surface area contributed by atoms with E-state index in [9.17, 15) is 5.11 Å². The summed E-state index contributed by atoms with van der Waals surface area (Å²) in [7, 11) is 0. The SMILES string of the molecule is Cc1cnc(C2=CCC3C4CC=C5CC(O)CCC5(C)C4CCC23C)s1. The normalized spacial score (nSPS) is 44.6. The van der Waals surface area contributed by atoms with Crippen molar-refractivity contribution in [3.8, 4) is 0 Å². The maximum Gasteiger partial charge on any atom is 0.119 e. The van der Waals surface area contributed by atoms with Gasteiger partial charge in [0.15, 0.2) is 0 Å². The largest absolute Gasteiger partial charge is 0.393 e.